The first-order valence-corrected chi connectivity index (χ1v) is 25.7. The summed E-state index contributed by atoms with van der Waals surface area (Å²) >= 11 is 0. The van der Waals surface area contributed by atoms with E-state index in [9.17, 15) is 93.6 Å². The third kappa shape index (κ3) is 11.0. The number of hydrogen-bond acceptors (Lipinski definition) is 24. The van der Waals surface area contributed by atoms with E-state index in [1.54, 1.807) is 0 Å². The molecule has 0 spiro atoms. The van der Waals surface area contributed by atoms with Crippen LogP contribution in [-0.2, 0) is 60.7 Å². The van der Waals surface area contributed by atoms with Crippen molar-refractivity contribution in [2.24, 2.45) is 30.7 Å². The smallest absolute Gasteiger partial charge is 0.314 e. The number of nitrogens with zero attached hydrogens (tertiary/aromatic N) is 7. The molecule has 0 atom stereocenters. The number of nitro groups is 1. The summed E-state index contributed by atoms with van der Waals surface area (Å²) in [6.45, 7) is -0.802. The van der Waals surface area contributed by atoms with Crippen LogP contribution >= 0.6 is 0 Å². The molecule has 0 amide bonds. The number of aromatic hydroxyl groups is 2. The van der Waals surface area contributed by atoms with Gasteiger partial charge in [-0.05, 0) is 42.8 Å². The molecule has 0 unspecified atom stereocenters. The van der Waals surface area contributed by atoms with Crippen LogP contribution in [0, 0.1) is 10.1 Å². The average Bonchev–Trinajstić information content (AvgIpc) is 3.16. The second-order valence-corrected chi connectivity index (χ2v) is 21.5. The number of rotatable bonds is 16. The molecule has 10 N–H and O–H groups in total. The van der Waals surface area contributed by atoms with Gasteiger partial charge in [0.05, 0.1) is 28.4 Å². The highest BCUT2D eigenvalue weighted by molar-refractivity contribution is 7.87. The third-order valence-corrected chi connectivity index (χ3v) is 13.8. The van der Waals surface area contributed by atoms with E-state index in [0.717, 1.165) is 19.2 Å². The lowest BCUT2D eigenvalue weighted by Gasteiger charge is -2.15. The van der Waals surface area contributed by atoms with Crippen molar-refractivity contribution in [2.75, 3.05) is 25.1 Å². The normalized spacial score (nSPS) is 13.4. The molecule has 0 aliphatic carbocycles. The van der Waals surface area contributed by atoms with E-state index in [4.69, 9.17) is 15.0 Å². The van der Waals surface area contributed by atoms with Gasteiger partial charge >= 0.3 is 5.69 Å². The maximum atomic E-state index is 12.7. The molecule has 0 heterocycles. The minimum atomic E-state index is -5.73. The third-order valence-electron chi connectivity index (χ3n) is 8.61. The highest BCUT2D eigenvalue weighted by atomic mass is 32.2. The summed E-state index contributed by atoms with van der Waals surface area (Å²) in [7, 11) is -31.2. The largest absolute Gasteiger partial charge is 0.505 e. The Bertz CT molecular complexity index is 3770. The first-order chi connectivity index (χ1) is 30.6. The Morgan fingerprint density at radius 1 is 0.612 bits per heavy atom. The lowest BCUT2D eigenvalue weighted by atomic mass is 10.0. The molecule has 5 rings (SSSR count). The number of phenolic OH excluding ortho intramolecular Hbond substituents is 2. The zero-order chi connectivity index (χ0) is 50.6. The van der Waals surface area contributed by atoms with Crippen molar-refractivity contribution in [2.45, 2.75) is 30.9 Å². The fourth-order valence-corrected chi connectivity index (χ4v) is 9.75. The van der Waals surface area contributed by atoms with E-state index < -0.39 is 187 Å². The van der Waals surface area contributed by atoms with Crippen molar-refractivity contribution in [3.05, 3.63) is 52.6 Å². The Balaban J connectivity index is 1.84. The van der Waals surface area contributed by atoms with Crippen LogP contribution in [0.25, 0.3) is 21.5 Å². The Hall–Kier alpha value is -6.52. The summed E-state index contributed by atoms with van der Waals surface area (Å²) in [5, 5.41) is 51.6. The molecule has 67 heavy (non-hydrogen) atoms. The SMILES string of the molecule is CN=Nc1c(S(=O)(=O)O)cc2c(S(=O)(=O)O)c(N=Nc3cc(S(=O)(=O)O)c4cc(S(=O)(=O)O)c(N=Nc5cc(S(=O)(=O)O)cc([N+](=O)[O-])c5OCCCS(=O)(=O)O)c(O)c4c3N)ccc2c1O. The van der Waals surface area contributed by atoms with Crippen molar-refractivity contribution in [3.63, 3.8) is 0 Å². The molecule has 37 heteroatoms. The molecule has 0 aliphatic rings. The number of azo groups is 3. The fraction of sp³-hybridized carbons (Fsp3) is 0.133. The van der Waals surface area contributed by atoms with Gasteiger partial charge in [0.2, 0.25) is 5.75 Å². The molecule has 0 aromatic heterocycles. The summed E-state index contributed by atoms with van der Waals surface area (Å²) in [4.78, 5) is 3.88. The fourth-order valence-electron chi connectivity index (χ4n) is 5.93. The van der Waals surface area contributed by atoms with Crippen molar-refractivity contribution < 1.29 is 97.7 Å². The van der Waals surface area contributed by atoms with Gasteiger partial charge in [-0.1, -0.05) is 0 Å². The van der Waals surface area contributed by atoms with Gasteiger partial charge in [0.25, 0.3) is 60.7 Å². The van der Waals surface area contributed by atoms with E-state index in [1.165, 1.54) is 0 Å². The summed E-state index contributed by atoms with van der Waals surface area (Å²) in [6.07, 6.45) is -0.579. The predicted molar refractivity (Wildman–Crippen MR) is 223 cm³/mol. The Kier molecular flexibility index (Phi) is 13.8. The maximum absolute atomic E-state index is 12.7. The van der Waals surface area contributed by atoms with Gasteiger partial charge in [-0.3, -0.25) is 37.4 Å². The van der Waals surface area contributed by atoms with Crippen LogP contribution < -0.4 is 10.5 Å². The molecule has 0 saturated carbocycles. The number of hydrogen-bond donors (Lipinski definition) is 9. The van der Waals surface area contributed by atoms with E-state index >= 15 is 0 Å². The van der Waals surface area contributed by atoms with Crippen LogP contribution in [-0.4, -0.2) is 112 Å². The molecular formula is C30H26N8O23S6. The average molecular weight is 1060 g/mol. The Morgan fingerprint density at radius 3 is 1.66 bits per heavy atom. The minimum Gasteiger partial charge on any atom is -0.505 e. The van der Waals surface area contributed by atoms with Crippen LogP contribution in [0.15, 0.2) is 97.6 Å². The molecule has 5 aromatic rings. The summed E-state index contributed by atoms with van der Waals surface area (Å²) in [5.41, 5.74) is -1.45. The second-order valence-electron chi connectivity index (χ2n) is 13.0. The van der Waals surface area contributed by atoms with Gasteiger partial charge in [0.1, 0.15) is 52.9 Å². The molecule has 0 saturated heterocycles. The van der Waals surface area contributed by atoms with Crippen molar-refractivity contribution in [1.29, 1.82) is 0 Å². The molecule has 0 aliphatic heterocycles. The van der Waals surface area contributed by atoms with Gasteiger partial charge < -0.3 is 20.7 Å². The van der Waals surface area contributed by atoms with Crippen LogP contribution in [0.4, 0.5) is 39.8 Å². The monoisotopic (exact) mass is 1060 g/mol. The number of nitrogen functional groups attached to an aromatic ring is 1. The molecule has 360 valence electrons. The zero-order valence-corrected chi connectivity index (χ0v) is 37.4. The molecule has 5 aromatic carbocycles. The predicted octanol–water partition coefficient (Wildman–Crippen LogP) is 4.33. The quantitative estimate of drug-likeness (QED) is 0.0166. The maximum Gasteiger partial charge on any atom is 0.314 e. The number of benzene rings is 5. The van der Waals surface area contributed by atoms with Gasteiger partial charge in [-0.15, -0.1) is 20.5 Å². The highest BCUT2D eigenvalue weighted by Crippen LogP contribution is 2.50. The van der Waals surface area contributed by atoms with E-state index in [2.05, 4.69) is 30.7 Å². The molecule has 0 bridgehead atoms. The second kappa shape index (κ2) is 17.9. The highest BCUT2D eigenvalue weighted by Gasteiger charge is 2.32. The summed E-state index contributed by atoms with van der Waals surface area (Å²) in [5.74, 6) is -4.72. The zero-order valence-electron chi connectivity index (χ0n) is 32.5. The van der Waals surface area contributed by atoms with Crippen molar-refractivity contribution in [3.8, 4) is 17.2 Å². The van der Waals surface area contributed by atoms with Gasteiger partial charge in [-0.25, -0.2) is 0 Å². The van der Waals surface area contributed by atoms with Crippen LogP contribution in [0.3, 0.4) is 0 Å². The first-order valence-electron chi connectivity index (χ1n) is 16.9. The lowest BCUT2D eigenvalue weighted by molar-refractivity contribution is -0.386. The van der Waals surface area contributed by atoms with Gasteiger partial charge in [-0.2, -0.15) is 60.7 Å². The van der Waals surface area contributed by atoms with E-state index in [0.29, 0.717) is 18.2 Å². The van der Waals surface area contributed by atoms with E-state index in [1.807, 2.05) is 0 Å². The Labute approximate surface area is 374 Å². The Morgan fingerprint density at radius 2 is 1.15 bits per heavy atom. The molecule has 31 nitrogen and oxygen atoms in total. The van der Waals surface area contributed by atoms with Crippen molar-refractivity contribution in [1.82, 2.24) is 0 Å². The number of fused-ring (bicyclic) bond motifs is 2. The topological polar surface area (TPSA) is 519 Å². The minimum absolute atomic E-state index is 0.230. The number of phenols is 2. The van der Waals surface area contributed by atoms with Gasteiger partial charge in [0.15, 0.2) is 11.5 Å². The molecular weight excluding hydrogens is 1030 g/mol. The van der Waals surface area contributed by atoms with E-state index in [-0.39, 0.29) is 12.1 Å². The molecule has 0 fully saturated rings. The van der Waals surface area contributed by atoms with Gasteiger partial charge in [0, 0.05) is 29.3 Å². The number of nitro benzene ring substituents is 1. The number of nitrogens with two attached hydrogens (primary N) is 1. The summed E-state index contributed by atoms with van der Waals surface area (Å²) in [6, 6.07) is 3.21. The first kappa shape index (κ1) is 51.5. The van der Waals surface area contributed by atoms with Crippen molar-refractivity contribution >= 4 is 122 Å². The van der Waals surface area contributed by atoms with Crippen LogP contribution in [0.1, 0.15) is 6.42 Å². The number of anilines is 1. The summed E-state index contributed by atoms with van der Waals surface area (Å²) < 4.78 is 211. The molecule has 0 radical (unpaired) electrons. The van der Waals surface area contributed by atoms with Crippen LogP contribution in [0.2, 0.25) is 0 Å². The lowest BCUT2D eigenvalue weighted by Crippen LogP contribution is -2.09. The standard InChI is InChI=1S/C30H26N8O23S6/c1-32-36-25-21(65(52,53)54)9-14-13(27(25)39)3-4-16(30(14)67(58,59)60)33-34-17-11-20(64(49,50)51)15-10-22(66(55,56)57)26(28(40)23(15)24(17)31)37-35-18-7-12(63(46,47)48)8-19(38(41)42)29(18)61-5-2-6-62(43,44)45/h3-4,7-11,39-40H,2,5-6,31H2,1H3,(H,43,44,45)(H,46,47,48)(H,49,50,51)(H,52,53,54)(H,55,56,57)(H,58,59,60). The van der Waals surface area contributed by atoms with Crippen LogP contribution in [0.5, 0.6) is 17.2 Å². The number of ether oxygens (including phenoxy) is 1.